The molecule has 1 heterocycles. The topological polar surface area (TPSA) is 64.0 Å². The highest BCUT2D eigenvalue weighted by atomic mass is 32.2. The number of benzene rings is 2. The molecule has 0 atom stereocenters. The van der Waals surface area contributed by atoms with Gasteiger partial charge >= 0.3 is 6.18 Å². The zero-order valence-corrected chi connectivity index (χ0v) is 14.9. The summed E-state index contributed by atoms with van der Waals surface area (Å²) in [6.07, 6.45) is -3.03. The van der Waals surface area contributed by atoms with E-state index in [4.69, 9.17) is 0 Å². The number of rotatable bonds is 4. The van der Waals surface area contributed by atoms with Crippen molar-refractivity contribution in [3.8, 4) is 0 Å². The van der Waals surface area contributed by atoms with E-state index in [1.807, 2.05) is 12.3 Å². The number of hydrogen-bond acceptors (Lipinski definition) is 4. The molecule has 0 fully saturated rings. The number of para-hydroxylation sites is 2. The van der Waals surface area contributed by atoms with E-state index in [1.54, 1.807) is 24.3 Å². The maximum atomic E-state index is 13.1. The quantitative estimate of drug-likeness (QED) is 0.686. The monoisotopic (exact) mass is 393 g/mol. The standard InChI is InChI=1S/C18H14F3N3O2S/c1-27-12-6-4-5-11(9-12)22-15(25)10-24-14-8-3-2-7-13(14)23-16(17(24)26)18(19,20)21/h2-9H,10H2,1H3,(H,22,25). The predicted molar refractivity (Wildman–Crippen MR) is 97.9 cm³/mol. The first-order valence-corrected chi connectivity index (χ1v) is 9.03. The molecule has 3 rings (SSSR count). The normalized spacial score (nSPS) is 11.6. The Morgan fingerprint density at radius 1 is 1.19 bits per heavy atom. The number of alkyl halides is 3. The highest BCUT2D eigenvalue weighted by Crippen LogP contribution is 2.26. The van der Waals surface area contributed by atoms with E-state index >= 15 is 0 Å². The number of hydrogen-bond donors (Lipinski definition) is 1. The number of carbonyl (C=O) groups is 1. The summed E-state index contributed by atoms with van der Waals surface area (Å²) in [4.78, 5) is 29.0. The van der Waals surface area contributed by atoms with Crippen molar-refractivity contribution in [2.75, 3.05) is 11.6 Å². The molecule has 0 saturated heterocycles. The van der Waals surface area contributed by atoms with Crippen molar-refractivity contribution in [1.29, 1.82) is 0 Å². The van der Waals surface area contributed by atoms with Gasteiger partial charge in [0.25, 0.3) is 5.56 Å². The SMILES string of the molecule is CSc1cccc(NC(=O)Cn2c(=O)c(C(F)(F)F)nc3ccccc32)c1. The van der Waals surface area contributed by atoms with E-state index in [2.05, 4.69) is 10.3 Å². The minimum absolute atomic E-state index is 0.0124. The number of halogens is 3. The Balaban J connectivity index is 1.99. The summed E-state index contributed by atoms with van der Waals surface area (Å²) in [5, 5.41) is 2.60. The predicted octanol–water partition coefficient (Wildman–Crippen LogP) is 3.78. The molecule has 27 heavy (non-hydrogen) atoms. The molecule has 1 aromatic heterocycles. The number of nitrogens with one attached hydrogen (secondary N) is 1. The summed E-state index contributed by atoms with van der Waals surface area (Å²) in [5.41, 5.74) is -2.26. The Bertz CT molecular complexity index is 1060. The van der Waals surface area contributed by atoms with Crippen molar-refractivity contribution in [3.05, 3.63) is 64.6 Å². The van der Waals surface area contributed by atoms with Gasteiger partial charge in [-0.25, -0.2) is 4.98 Å². The minimum Gasteiger partial charge on any atom is -0.324 e. The van der Waals surface area contributed by atoms with Gasteiger partial charge in [0.1, 0.15) is 6.54 Å². The molecule has 140 valence electrons. The molecule has 0 saturated carbocycles. The Hall–Kier alpha value is -2.81. The van der Waals surface area contributed by atoms with Crippen LogP contribution in [0, 0.1) is 0 Å². The van der Waals surface area contributed by atoms with Gasteiger partial charge in [0.2, 0.25) is 11.6 Å². The van der Waals surface area contributed by atoms with Gasteiger partial charge in [-0.2, -0.15) is 13.2 Å². The summed E-state index contributed by atoms with van der Waals surface area (Å²) in [6, 6.07) is 12.9. The zero-order chi connectivity index (χ0) is 19.6. The molecule has 0 spiro atoms. The van der Waals surface area contributed by atoms with E-state index < -0.39 is 29.9 Å². The molecule has 0 radical (unpaired) electrons. The van der Waals surface area contributed by atoms with Gasteiger partial charge in [-0.05, 0) is 36.6 Å². The van der Waals surface area contributed by atoms with Crippen LogP contribution in [0.3, 0.4) is 0 Å². The summed E-state index contributed by atoms with van der Waals surface area (Å²) in [6.45, 7) is -0.561. The van der Waals surface area contributed by atoms with Crippen LogP contribution in [0.2, 0.25) is 0 Å². The Labute approximate surface area is 156 Å². The van der Waals surface area contributed by atoms with Crippen LogP contribution < -0.4 is 10.9 Å². The summed E-state index contributed by atoms with van der Waals surface area (Å²) in [7, 11) is 0. The second-order valence-corrected chi connectivity index (χ2v) is 6.50. The number of nitrogens with zero attached hydrogens (tertiary/aromatic N) is 2. The van der Waals surface area contributed by atoms with Crippen molar-refractivity contribution in [1.82, 2.24) is 9.55 Å². The summed E-state index contributed by atoms with van der Waals surface area (Å²) < 4.78 is 40.2. The van der Waals surface area contributed by atoms with Crippen LogP contribution in [-0.2, 0) is 17.5 Å². The van der Waals surface area contributed by atoms with Gasteiger partial charge in [0, 0.05) is 10.6 Å². The van der Waals surface area contributed by atoms with Crippen molar-refractivity contribution < 1.29 is 18.0 Å². The van der Waals surface area contributed by atoms with Crippen molar-refractivity contribution in [3.63, 3.8) is 0 Å². The lowest BCUT2D eigenvalue weighted by Gasteiger charge is -2.14. The molecule has 0 bridgehead atoms. The number of aromatic nitrogens is 2. The largest absolute Gasteiger partial charge is 0.438 e. The van der Waals surface area contributed by atoms with E-state index in [0.29, 0.717) is 5.69 Å². The van der Waals surface area contributed by atoms with Crippen molar-refractivity contribution in [2.24, 2.45) is 0 Å². The molecule has 3 aromatic rings. The first-order chi connectivity index (χ1) is 12.8. The van der Waals surface area contributed by atoms with Crippen LogP contribution in [0.5, 0.6) is 0 Å². The second kappa shape index (κ2) is 7.43. The molecule has 0 aliphatic heterocycles. The van der Waals surface area contributed by atoms with Crippen LogP contribution in [0.25, 0.3) is 11.0 Å². The molecule has 9 heteroatoms. The zero-order valence-electron chi connectivity index (χ0n) is 14.1. The second-order valence-electron chi connectivity index (χ2n) is 5.62. The van der Waals surface area contributed by atoms with Gasteiger partial charge in [-0.15, -0.1) is 11.8 Å². The Kier molecular flexibility index (Phi) is 5.22. The van der Waals surface area contributed by atoms with Crippen LogP contribution in [0.1, 0.15) is 5.69 Å². The fraction of sp³-hybridized carbons (Fsp3) is 0.167. The third-order valence-corrected chi connectivity index (χ3v) is 4.50. The van der Waals surface area contributed by atoms with E-state index in [-0.39, 0.29) is 11.0 Å². The molecule has 1 amide bonds. The Morgan fingerprint density at radius 3 is 2.63 bits per heavy atom. The minimum atomic E-state index is -4.91. The lowest BCUT2D eigenvalue weighted by atomic mass is 10.2. The summed E-state index contributed by atoms with van der Waals surface area (Å²) >= 11 is 1.48. The molecule has 0 unspecified atom stereocenters. The number of carbonyl (C=O) groups excluding carboxylic acids is 1. The highest BCUT2D eigenvalue weighted by Gasteiger charge is 2.37. The first-order valence-electron chi connectivity index (χ1n) is 7.80. The van der Waals surface area contributed by atoms with Crippen LogP contribution in [0.15, 0.2) is 58.2 Å². The van der Waals surface area contributed by atoms with E-state index in [9.17, 15) is 22.8 Å². The number of amides is 1. The number of thioether (sulfide) groups is 1. The smallest absolute Gasteiger partial charge is 0.324 e. The third-order valence-electron chi connectivity index (χ3n) is 3.78. The molecule has 2 aromatic carbocycles. The molecular formula is C18H14F3N3O2S. The average Bonchev–Trinajstić information content (AvgIpc) is 2.63. The van der Waals surface area contributed by atoms with Gasteiger partial charge < -0.3 is 5.32 Å². The molecular weight excluding hydrogens is 379 g/mol. The summed E-state index contributed by atoms with van der Waals surface area (Å²) in [5.74, 6) is -0.611. The van der Waals surface area contributed by atoms with Crippen LogP contribution >= 0.6 is 11.8 Å². The van der Waals surface area contributed by atoms with Gasteiger partial charge in [0.05, 0.1) is 11.0 Å². The molecule has 1 N–H and O–H groups in total. The lowest BCUT2D eigenvalue weighted by Crippen LogP contribution is -2.34. The van der Waals surface area contributed by atoms with Gasteiger partial charge in [-0.1, -0.05) is 18.2 Å². The fourth-order valence-corrected chi connectivity index (χ4v) is 3.04. The number of fused-ring (bicyclic) bond motifs is 1. The molecule has 0 aliphatic carbocycles. The van der Waals surface area contributed by atoms with Crippen LogP contribution in [-0.4, -0.2) is 21.7 Å². The fourth-order valence-electron chi connectivity index (χ4n) is 2.58. The van der Waals surface area contributed by atoms with Crippen molar-refractivity contribution >= 4 is 34.4 Å². The maximum Gasteiger partial charge on any atom is 0.438 e. The molecule has 0 aliphatic rings. The third kappa shape index (κ3) is 4.13. The highest BCUT2D eigenvalue weighted by molar-refractivity contribution is 7.98. The maximum absolute atomic E-state index is 13.1. The molecule has 5 nitrogen and oxygen atoms in total. The van der Waals surface area contributed by atoms with Crippen LogP contribution in [0.4, 0.5) is 18.9 Å². The van der Waals surface area contributed by atoms with E-state index in [0.717, 1.165) is 9.46 Å². The Morgan fingerprint density at radius 2 is 1.93 bits per heavy atom. The van der Waals surface area contributed by atoms with E-state index in [1.165, 1.54) is 30.0 Å². The van der Waals surface area contributed by atoms with Gasteiger partial charge in [-0.3, -0.25) is 14.2 Å². The van der Waals surface area contributed by atoms with Gasteiger partial charge in [0.15, 0.2) is 0 Å². The first kappa shape index (κ1) is 19.0. The lowest BCUT2D eigenvalue weighted by molar-refractivity contribution is -0.142. The number of anilines is 1. The van der Waals surface area contributed by atoms with Crippen molar-refractivity contribution in [2.45, 2.75) is 17.6 Å². The average molecular weight is 393 g/mol.